The summed E-state index contributed by atoms with van der Waals surface area (Å²) in [7, 11) is 1.82. The van der Waals surface area contributed by atoms with Crippen molar-refractivity contribution in [1.82, 2.24) is 5.32 Å². The number of anilines is 2. The van der Waals surface area contributed by atoms with E-state index in [1.54, 1.807) is 36.4 Å². The third-order valence-corrected chi connectivity index (χ3v) is 4.31. The van der Waals surface area contributed by atoms with Crippen LogP contribution in [0.5, 0.6) is 0 Å². The van der Waals surface area contributed by atoms with Crippen molar-refractivity contribution < 1.29 is 9.59 Å². The maximum absolute atomic E-state index is 12.1. The Hall–Kier alpha value is -2.21. The highest BCUT2D eigenvalue weighted by molar-refractivity contribution is 6.39. The van der Waals surface area contributed by atoms with Crippen LogP contribution in [-0.2, 0) is 0 Å². The molecule has 5 nitrogen and oxygen atoms in total. The van der Waals surface area contributed by atoms with Crippen molar-refractivity contribution in [3.05, 3.63) is 69.7 Å². The molecular weight excluding hydrogens is 397 g/mol. The van der Waals surface area contributed by atoms with Crippen LogP contribution in [0.1, 0.15) is 10.4 Å². The smallest absolute Gasteiger partial charge is 0.326 e. The molecule has 0 aliphatic carbocycles. The predicted molar refractivity (Wildman–Crippen MR) is 108 cm³/mol. The van der Waals surface area contributed by atoms with E-state index in [1.807, 2.05) is 11.9 Å². The van der Waals surface area contributed by atoms with Gasteiger partial charge in [-0.2, -0.15) is 0 Å². The molecule has 0 aliphatic rings. The number of rotatable bonds is 5. The highest BCUT2D eigenvalue weighted by atomic mass is 35.5. The van der Waals surface area contributed by atoms with Gasteiger partial charge in [0.05, 0.1) is 26.3 Å². The second kappa shape index (κ2) is 8.94. The van der Waals surface area contributed by atoms with E-state index < -0.39 is 11.9 Å². The van der Waals surface area contributed by atoms with Gasteiger partial charge >= 0.3 is 6.03 Å². The van der Waals surface area contributed by atoms with Crippen LogP contribution >= 0.6 is 34.8 Å². The van der Waals surface area contributed by atoms with Gasteiger partial charge in [-0.1, -0.05) is 53.0 Å². The number of hydrogen-bond donors (Lipinski definition) is 2. The first-order chi connectivity index (χ1) is 12.3. The van der Waals surface area contributed by atoms with Gasteiger partial charge in [-0.05, 0) is 24.3 Å². The maximum atomic E-state index is 12.1. The van der Waals surface area contributed by atoms with Crippen molar-refractivity contribution in [3.8, 4) is 0 Å². The lowest BCUT2D eigenvalue weighted by atomic mass is 10.2. The fourth-order valence-electron chi connectivity index (χ4n) is 2.27. The predicted octanol–water partition coefficient (Wildman–Crippen LogP) is 5.23. The van der Waals surface area contributed by atoms with Gasteiger partial charge in [-0.15, -0.1) is 6.58 Å². The van der Waals surface area contributed by atoms with Gasteiger partial charge in [0.1, 0.15) is 0 Å². The van der Waals surface area contributed by atoms with E-state index in [9.17, 15) is 9.59 Å². The molecule has 2 aromatic rings. The van der Waals surface area contributed by atoms with Gasteiger partial charge in [0, 0.05) is 19.3 Å². The van der Waals surface area contributed by atoms with Crippen molar-refractivity contribution in [2.75, 3.05) is 23.8 Å². The molecule has 0 bridgehead atoms. The fourth-order valence-corrected chi connectivity index (χ4v) is 3.26. The Morgan fingerprint density at radius 3 is 2.31 bits per heavy atom. The quantitative estimate of drug-likeness (QED) is 0.661. The topological polar surface area (TPSA) is 61.4 Å². The van der Waals surface area contributed by atoms with Gasteiger partial charge < -0.3 is 10.2 Å². The molecule has 2 N–H and O–H groups in total. The minimum absolute atomic E-state index is 0.196. The zero-order valence-corrected chi connectivity index (χ0v) is 16.1. The van der Waals surface area contributed by atoms with Gasteiger partial charge in [0.25, 0.3) is 5.91 Å². The third-order valence-electron chi connectivity index (χ3n) is 3.40. The van der Waals surface area contributed by atoms with Gasteiger partial charge in [-0.3, -0.25) is 10.1 Å². The lowest BCUT2D eigenvalue weighted by Crippen LogP contribution is -2.34. The van der Waals surface area contributed by atoms with Crippen molar-refractivity contribution in [1.29, 1.82) is 0 Å². The zero-order chi connectivity index (χ0) is 19.3. The van der Waals surface area contributed by atoms with E-state index in [-0.39, 0.29) is 10.6 Å². The molecule has 0 saturated carbocycles. The molecule has 26 heavy (non-hydrogen) atoms. The first-order valence-electron chi connectivity index (χ1n) is 7.51. The minimum Gasteiger partial charge on any atom is -0.368 e. The molecule has 2 rings (SSSR count). The highest BCUT2D eigenvalue weighted by Gasteiger charge is 2.16. The molecule has 0 atom stereocenters. The molecule has 0 fully saturated rings. The maximum Gasteiger partial charge on any atom is 0.326 e. The molecule has 0 heterocycles. The summed E-state index contributed by atoms with van der Waals surface area (Å²) in [5, 5.41) is 5.68. The Labute approximate surface area is 166 Å². The molecule has 0 saturated heterocycles. The lowest BCUT2D eigenvalue weighted by Gasteiger charge is -2.21. The summed E-state index contributed by atoms with van der Waals surface area (Å²) in [6, 6.07) is 8.78. The number of carbonyl (C=O) groups is 2. The molecule has 0 radical (unpaired) electrons. The second-order valence-corrected chi connectivity index (χ2v) is 6.57. The van der Waals surface area contributed by atoms with E-state index in [1.165, 1.54) is 6.07 Å². The van der Waals surface area contributed by atoms with E-state index in [0.29, 0.717) is 28.0 Å². The Morgan fingerprint density at radius 1 is 1.12 bits per heavy atom. The van der Waals surface area contributed by atoms with Crippen LogP contribution in [0.15, 0.2) is 49.1 Å². The molecule has 2 aromatic carbocycles. The summed E-state index contributed by atoms with van der Waals surface area (Å²) in [5.74, 6) is -0.618. The van der Waals surface area contributed by atoms with Crippen LogP contribution in [0.4, 0.5) is 16.2 Å². The average Bonchev–Trinajstić information content (AvgIpc) is 2.54. The Balaban J connectivity index is 2.11. The zero-order valence-electron chi connectivity index (χ0n) is 13.9. The number of benzene rings is 2. The van der Waals surface area contributed by atoms with Crippen LogP contribution in [0.2, 0.25) is 15.1 Å². The molecule has 136 valence electrons. The normalized spacial score (nSPS) is 10.2. The summed E-state index contributed by atoms with van der Waals surface area (Å²) in [5.41, 5.74) is 1.16. The van der Waals surface area contributed by atoms with Crippen molar-refractivity contribution in [2.24, 2.45) is 0 Å². The summed E-state index contributed by atoms with van der Waals surface area (Å²) >= 11 is 18.4. The lowest BCUT2D eigenvalue weighted by molar-refractivity contribution is 0.0967. The minimum atomic E-state index is -0.728. The molecule has 0 aliphatic heterocycles. The van der Waals surface area contributed by atoms with Crippen LogP contribution in [-0.4, -0.2) is 25.5 Å². The summed E-state index contributed by atoms with van der Waals surface area (Å²) in [6.45, 7) is 4.22. The highest BCUT2D eigenvalue weighted by Crippen LogP contribution is 2.36. The number of carbonyl (C=O) groups excluding carboxylic acids is 2. The monoisotopic (exact) mass is 411 g/mol. The number of likely N-dealkylation sites (N-methyl/N-ethyl adjacent to an activating group) is 1. The molecule has 0 unspecified atom stereocenters. The van der Waals surface area contributed by atoms with Crippen LogP contribution in [0.25, 0.3) is 0 Å². The molecule has 3 amide bonds. The van der Waals surface area contributed by atoms with Crippen LogP contribution < -0.4 is 15.5 Å². The number of amides is 3. The molecule has 0 spiro atoms. The van der Waals surface area contributed by atoms with Gasteiger partial charge in [0.15, 0.2) is 0 Å². The number of hydrogen-bond acceptors (Lipinski definition) is 3. The Morgan fingerprint density at radius 2 is 1.73 bits per heavy atom. The summed E-state index contributed by atoms with van der Waals surface area (Å²) in [6.07, 6.45) is 1.71. The third kappa shape index (κ3) is 4.91. The van der Waals surface area contributed by atoms with E-state index in [0.717, 1.165) is 0 Å². The first-order valence-corrected chi connectivity index (χ1v) is 8.64. The van der Waals surface area contributed by atoms with Gasteiger partial charge in [0.2, 0.25) is 0 Å². The van der Waals surface area contributed by atoms with E-state index >= 15 is 0 Å². The summed E-state index contributed by atoms with van der Waals surface area (Å²) in [4.78, 5) is 26.0. The van der Waals surface area contributed by atoms with Crippen molar-refractivity contribution in [2.45, 2.75) is 0 Å². The van der Waals surface area contributed by atoms with Crippen molar-refractivity contribution in [3.63, 3.8) is 0 Å². The molecule has 0 aromatic heterocycles. The summed E-state index contributed by atoms with van der Waals surface area (Å²) < 4.78 is 0. The average molecular weight is 413 g/mol. The fraction of sp³-hybridized carbons (Fsp3) is 0.111. The van der Waals surface area contributed by atoms with Crippen LogP contribution in [0, 0.1) is 0 Å². The Kier molecular flexibility index (Phi) is 6.91. The number of nitrogens with one attached hydrogen (secondary N) is 2. The van der Waals surface area contributed by atoms with Gasteiger partial charge in [-0.25, -0.2) is 4.79 Å². The van der Waals surface area contributed by atoms with Crippen molar-refractivity contribution >= 4 is 58.1 Å². The van der Waals surface area contributed by atoms with Crippen LogP contribution in [0.3, 0.4) is 0 Å². The molecular formula is C18H16Cl3N3O2. The Bertz CT molecular complexity index is 832. The largest absolute Gasteiger partial charge is 0.368 e. The first kappa shape index (κ1) is 20.1. The second-order valence-electron chi connectivity index (χ2n) is 5.35. The standard InChI is InChI=1S/C18H16Cl3N3O2/c1-3-8-24(2)16-14(20)9-11(10-15(16)21)22-18(26)23-17(25)12-6-4-5-7-13(12)19/h3-7,9-10H,1,8H2,2H3,(H2,22,23,25,26). The molecule has 8 heteroatoms. The number of halogens is 3. The number of imide groups is 1. The van der Waals surface area contributed by atoms with E-state index in [2.05, 4.69) is 17.2 Å². The number of urea groups is 1. The van der Waals surface area contributed by atoms with E-state index in [4.69, 9.17) is 34.8 Å². The number of nitrogens with zero attached hydrogens (tertiary/aromatic N) is 1. The SMILES string of the molecule is C=CCN(C)c1c(Cl)cc(NC(=O)NC(=O)c2ccccc2Cl)cc1Cl.